The molecule has 100 valence electrons. The number of hydrogen-bond donors (Lipinski definition) is 1. The summed E-state index contributed by atoms with van der Waals surface area (Å²) >= 11 is 1.75. The minimum absolute atomic E-state index is 0.298. The first-order valence-electron chi connectivity index (χ1n) is 6.41. The molecule has 18 heavy (non-hydrogen) atoms. The van der Waals surface area contributed by atoms with Gasteiger partial charge in [-0.1, -0.05) is 0 Å². The first-order chi connectivity index (χ1) is 8.54. The SMILES string of the molecule is Cc1nc(CN2CCCC(CC(=O)O)C2)sc1C. The van der Waals surface area contributed by atoms with E-state index < -0.39 is 5.97 Å². The van der Waals surface area contributed by atoms with E-state index in [1.54, 1.807) is 11.3 Å². The van der Waals surface area contributed by atoms with Gasteiger partial charge >= 0.3 is 5.97 Å². The maximum Gasteiger partial charge on any atom is 0.303 e. The number of carboxylic acids is 1. The summed E-state index contributed by atoms with van der Waals surface area (Å²) in [6.07, 6.45) is 2.44. The number of aryl methyl sites for hydroxylation is 2. The van der Waals surface area contributed by atoms with Crippen LogP contribution in [0.5, 0.6) is 0 Å². The van der Waals surface area contributed by atoms with Gasteiger partial charge in [-0.2, -0.15) is 0 Å². The van der Waals surface area contributed by atoms with Crippen LogP contribution in [0, 0.1) is 19.8 Å². The lowest BCUT2D eigenvalue weighted by Crippen LogP contribution is -2.35. The van der Waals surface area contributed by atoms with E-state index in [1.165, 1.54) is 4.88 Å². The number of aromatic nitrogens is 1. The molecule has 5 heteroatoms. The lowest BCUT2D eigenvalue weighted by molar-refractivity contribution is -0.138. The molecule has 1 atom stereocenters. The predicted molar refractivity (Wildman–Crippen MR) is 71.8 cm³/mol. The minimum atomic E-state index is -0.678. The summed E-state index contributed by atoms with van der Waals surface area (Å²) in [5.74, 6) is -0.374. The van der Waals surface area contributed by atoms with Crippen LogP contribution in [-0.2, 0) is 11.3 Å². The third kappa shape index (κ3) is 3.53. The van der Waals surface area contributed by atoms with Gasteiger partial charge in [0.2, 0.25) is 0 Å². The number of rotatable bonds is 4. The van der Waals surface area contributed by atoms with Crippen molar-refractivity contribution in [3.63, 3.8) is 0 Å². The highest BCUT2D eigenvalue weighted by molar-refractivity contribution is 7.11. The van der Waals surface area contributed by atoms with Crippen molar-refractivity contribution in [3.8, 4) is 0 Å². The molecule has 1 aliphatic rings. The van der Waals surface area contributed by atoms with E-state index in [-0.39, 0.29) is 0 Å². The van der Waals surface area contributed by atoms with Gasteiger partial charge in [0, 0.05) is 17.8 Å². The van der Waals surface area contributed by atoms with Crippen LogP contribution in [0.3, 0.4) is 0 Å². The number of nitrogens with zero attached hydrogens (tertiary/aromatic N) is 2. The molecule has 0 aromatic carbocycles. The molecule has 1 aromatic rings. The molecule has 0 aliphatic carbocycles. The van der Waals surface area contributed by atoms with Crippen LogP contribution in [-0.4, -0.2) is 34.0 Å². The number of piperidine rings is 1. The van der Waals surface area contributed by atoms with Gasteiger partial charge in [-0.3, -0.25) is 9.69 Å². The second-order valence-corrected chi connectivity index (χ2v) is 6.38. The Morgan fingerprint density at radius 2 is 2.33 bits per heavy atom. The van der Waals surface area contributed by atoms with Crippen LogP contribution in [0.4, 0.5) is 0 Å². The molecule has 1 saturated heterocycles. The molecular formula is C13H20N2O2S. The van der Waals surface area contributed by atoms with Gasteiger partial charge in [0.25, 0.3) is 0 Å². The van der Waals surface area contributed by atoms with Gasteiger partial charge in [-0.15, -0.1) is 11.3 Å². The number of thiazole rings is 1. The Morgan fingerprint density at radius 1 is 1.56 bits per heavy atom. The number of carboxylic acid groups (broad SMARTS) is 1. The lowest BCUT2D eigenvalue weighted by atomic mass is 9.95. The average Bonchev–Trinajstić information content (AvgIpc) is 2.57. The van der Waals surface area contributed by atoms with E-state index in [9.17, 15) is 4.79 Å². The molecule has 0 spiro atoms. The van der Waals surface area contributed by atoms with Crippen molar-refractivity contribution in [3.05, 3.63) is 15.6 Å². The molecule has 1 aromatic heterocycles. The van der Waals surface area contributed by atoms with Gasteiger partial charge in [0.1, 0.15) is 5.01 Å². The molecule has 1 aliphatic heterocycles. The monoisotopic (exact) mass is 268 g/mol. The Bertz CT molecular complexity index is 411. The van der Waals surface area contributed by atoms with Crippen molar-refractivity contribution in [1.29, 1.82) is 0 Å². The minimum Gasteiger partial charge on any atom is -0.481 e. The van der Waals surface area contributed by atoms with Crippen molar-refractivity contribution >= 4 is 17.3 Å². The molecule has 1 unspecified atom stereocenters. The third-order valence-electron chi connectivity index (χ3n) is 3.50. The van der Waals surface area contributed by atoms with Gasteiger partial charge in [-0.05, 0) is 39.2 Å². The first kappa shape index (κ1) is 13.5. The van der Waals surface area contributed by atoms with Crippen LogP contribution < -0.4 is 0 Å². The molecule has 1 fully saturated rings. The fraction of sp³-hybridized carbons (Fsp3) is 0.692. The molecule has 2 rings (SSSR count). The normalized spacial score (nSPS) is 21.1. The van der Waals surface area contributed by atoms with Crippen molar-refractivity contribution in [2.24, 2.45) is 5.92 Å². The number of hydrogen-bond acceptors (Lipinski definition) is 4. The van der Waals surface area contributed by atoms with Crippen molar-refractivity contribution in [2.75, 3.05) is 13.1 Å². The zero-order valence-corrected chi connectivity index (χ0v) is 11.8. The van der Waals surface area contributed by atoms with Crippen LogP contribution in [0.15, 0.2) is 0 Å². The lowest BCUT2D eigenvalue weighted by Gasteiger charge is -2.31. The van der Waals surface area contributed by atoms with E-state index in [4.69, 9.17) is 5.11 Å². The van der Waals surface area contributed by atoms with E-state index in [0.717, 1.165) is 43.2 Å². The summed E-state index contributed by atoms with van der Waals surface area (Å²) in [5.41, 5.74) is 1.12. The average molecular weight is 268 g/mol. The second kappa shape index (κ2) is 5.80. The molecule has 1 N–H and O–H groups in total. The Morgan fingerprint density at radius 3 is 2.94 bits per heavy atom. The maximum atomic E-state index is 10.8. The third-order valence-corrected chi connectivity index (χ3v) is 4.56. The summed E-state index contributed by atoms with van der Waals surface area (Å²) in [6.45, 7) is 6.96. The summed E-state index contributed by atoms with van der Waals surface area (Å²) in [4.78, 5) is 18.9. The van der Waals surface area contributed by atoms with Crippen LogP contribution in [0.1, 0.15) is 34.8 Å². The maximum absolute atomic E-state index is 10.8. The molecule has 4 nitrogen and oxygen atoms in total. The summed E-state index contributed by atoms with van der Waals surface area (Å²) in [6, 6.07) is 0. The largest absolute Gasteiger partial charge is 0.481 e. The number of likely N-dealkylation sites (tertiary alicyclic amines) is 1. The van der Waals surface area contributed by atoms with Gasteiger partial charge in [0.15, 0.2) is 0 Å². The van der Waals surface area contributed by atoms with Crippen LogP contribution >= 0.6 is 11.3 Å². The standard InChI is InChI=1S/C13H20N2O2S/c1-9-10(2)18-12(14-9)8-15-5-3-4-11(7-15)6-13(16)17/h11H,3-8H2,1-2H3,(H,16,17). The molecule has 2 heterocycles. The number of carbonyl (C=O) groups is 1. The Hall–Kier alpha value is -0.940. The van der Waals surface area contributed by atoms with E-state index in [2.05, 4.69) is 16.8 Å². The van der Waals surface area contributed by atoms with E-state index in [1.807, 2.05) is 6.92 Å². The molecule has 0 saturated carbocycles. The Kier molecular flexibility index (Phi) is 4.35. The van der Waals surface area contributed by atoms with E-state index >= 15 is 0 Å². The fourth-order valence-corrected chi connectivity index (χ4v) is 3.48. The zero-order chi connectivity index (χ0) is 13.1. The summed E-state index contributed by atoms with van der Waals surface area (Å²) in [5, 5.41) is 10.0. The highest BCUT2D eigenvalue weighted by Crippen LogP contribution is 2.23. The second-order valence-electron chi connectivity index (χ2n) is 5.09. The highest BCUT2D eigenvalue weighted by Gasteiger charge is 2.22. The van der Waals surface area contributed by atoms with Gasteiger partial charge in [0.05, 0.1) is 12.2 Å². The Balaban J connectivity index is 1.91. The van der Waals surface area contributed by atoms with Crippen molar-refractivity contribution in [1.82, 2.24) is 9.88 Å². The first-order valence-corrected chi connectivity index (χ1v) is 7.23. The summed E-state index contributed by atoms with van der Waals surface area (Å²) < 4.78 is 0. The van der Waals surface area contributed by atoms with Crippen LogP contribution in [0.25, 0.3) is 0 Å². The fourth-order valence-electron chi connectivity index (χ4n) is 2.51. The molecule has 0 amide bonds. The summed E-state index contributed by atoms with van der Waals surface area (Å²) in [7, 11) is 0. The van der Waals surface area contributed by atoms with Gasteiger partial charge < -0.3 is 5.11 Å². The number of aliphatic carboxylic acids is 1. The topological polar surface area (TPSA) is 53.4 Å². The zero-order valence-electron chi connectivity index (χ0n) is 11.0. The quantitative estimate of drug-likeness (QED) is 0.911. The smallest absolute Gasteiger partial charge is 0.303 e. The predicted octanol–water partition coefficient (Wildman–Crippen LogP) is 2.45. The molecular weight excluding hydrogens is 248 g/mol. The van der Waals surface area contributed by atoms with Crippen molar-refractivity contribution < 1.29 is 9.90 Å². The molecule has 0 bridgehead atoms. The van der Waals surface area contributed by atoms with E-state index in [0.29, 0.717) is 12.3 Å². The van der Waals surface area contributed by atoms with Crippen molar-refractivity contribution in [2.45, 2.75) is 39.7 Å². The Labute approximate surface area is 112 Å². The molecule has 0 radical (unpaired) electrons. The van der Waals surface area contributed by atoms with Gasteiger partial charge in [-0.25, -0.2) is 4.98 Å². The van der Waals surface area contributed by atoms with Crippen LogP contribution in [0.2, 0.25) is 0 Å². The highest BCUT2D eigenvalue weighted by atomic mass is 32.1.